The highest BCUT2D eigenvalue weighted by Crippen LogP contribution is 2.28. The normalized spacial score (nSPS) is 22.3. The fourth-order valence-electron chi connectivity index (χ4n) is 3.67. The molecule has 1 saturated heterocycles. The number of hydrogen-bond donors (Lipinski definition) is 2. The number of nitrogens with zero attached hydrogens (tertiary/aromatic N) is 1. The zero-order valence-corrected chi connectivity index (χ0v) is 17.7. The van der Waals surface area contributed by atoms with Crippen molar-refractivity contribution in [3.8, 4) is 0 Å². The Bertz CT molecular complexity index is 1000. The molecule has 0 spiro atoms. The smallest absolute Gasteiger partial charge is 0.291 e. The van der Waals surface area contributed by atoms with E-state index in [1.165, 1.54) is 47.0 Å². The third-order valence-corrected chi connectivity index (χ3v) is 7.04. The van der Waals surface area contributed by atoms with Gasteiger partial charge in [0.05, 0.1) is 11.2 Å². The molecule has 1 aliphatic rings. The first-order valence-corrected chi connectivity index (χ1v) is 11.0. The van der Waals surface area contributed by atoms with Gasteiger partial charge in [-0.2, -0.15) is 4.31 Å². The second-order valence-electron chi connectivity index (χ2n) is 7.47. The molecular weight excluding hydrogens is 406 g/mol. The van der Waals surface area contributed by atoms with Crippen LogP contribution in [0.15, 0.2) is 64.6 Å². The van der Waals surface area contributed by atoms with Gasteiger partial charge >= 0.3 is 0 Å². The first kappa shape index (κ1) is 21.8. The molecule has 160 valence electrons. The molecule has 2 heterocycles. The van der Waals surface area contributed by atoms with Crippen LogP contribution in [0.25, 0.3) is 0 Å². The fourth-order valence-corrected chi connectivity index (χ4v) is 5.31. The van der Waals surface area contributed by atoms with E-state index in [0.29, 0.717) is 18.8 Å². The van der Waals surface area contributed by atoms with Gasteiger partial charge in [0.15, 0.2) is 5.76 Å². The summed E-state index contributed by atoms with van der Waals surface area (Å²) in [6, 6.07) is 9.04. The van der Waals surface area contributed by atoms with Crippen LogP contribution in [0.2, 0.25) is 0 Å². The second-order valence-corrected chi connectivity index (χ2v) is 9.41. The SMILES string of the molecule is C=CC(=O)NC1C(C)CN(S(=O)(=O)c2ccc(NC(=O)c3ccco3)cc2)CC1C. The number of carbonyl (C=O) groups excluding carboxylic acids is 2. The Labute approximate surface area is 176 Å². The lowest BCUT2D eigenvalue weighted by atomic mass is 9.87. The molecule has 2 atom stereocenters. The highest BCUT2D eigenvalue weighted by molar-refractivity contribution is 7.89. The minimum Gasteiger partial charge on any atom is -0.459 e. The van der Waals surface area contributed by atoms with Crippen molar-refractivity contribution in [1.82, 2.24) is 9.62 Å². The molecule has 1 aromatic heterocycles. The number of benzene rings is 1. The van der Waals surface area contributed by atoms with Crippen molar-refractivity contribution in [2.24, 2.45) is 11.8 Å². The summed E-state index contributed by atoms with van der Waals surface area (Å²) in [4.78, 5) is 23.8. The van der Waals surface area contributed by atoms with Gasteiger partial charge in [0.2, 0.25) is 15.9 Å². The molecule has 0 saturated carbocycles. The highest BCUT2D eigenvalue weighted by atomic mass is 32.2. The number of furan rings is 1. The van der Waals surface area contributed by atoms with Crippen molar-refractivity contribution in [2.45, 2.75) is 24.8 Å². The van der Waals surface area contributed by atoms with Crippen LogP contribution in [-0.4, -0.2) is 43.7 Å². The lowest BCUT2D eigenvalue weighted by Crippen LogP contribution is -2.55. The van der Waals surface area contributed by atoms with Gasteiger partial charge in [-0.15, -0.1) is 0 Å². The average Bonchev–Trinajstić information content (AvgIpc) is 3.25. The van der Waals surface area contributed by atoms with E-state index in [9.17, 15) is 18.0 Å². The van der Waals surface area contributed by atoms with Crippen molar-refractivity contribution < 1.29 is 22.4 Å². The summed E-state index contributed by atoms with van der Waals surface area (Å²) in [5.74, 6) is -0.622. The molecular formula is C21H25N3O5S. The number of sulfonamides is 1. The monoisotopic (exact) mass is 431 g/mol. The van der Waals surface area contributed by atoms with E-state index in [1.807, 2.05) is 13.8 Å². The van der Waals surface area contributed by atoms with Gasteiger partial charge in [0.1, 0.15) is 0 Å². The van der Waals surface area contributed by atoms with Crippen molar-refractivity contribution >= 4 is 27.5 Å². The molecule has 0 bridgehead atoms. The zero-order chi connectivity index (χ0) is 21.9. The molecule has 0 aliphatic carbocycles. The van der Waals surface area contributed by atoms with Gasteiger partial charge < -0.3 is 15.1 Å². The number of anilines is 1. The largest absolute Gasteiger partial charge is 0.459 e. The van der Waals surface area contributed by atoms with Crippen LogP contribution in [0, 0.1) is 11.8 Å². The Morgan fingerprint density at radius 1 is 1.13 bits per heavy atom. The molecule has 1 aliphatic heterocycles. The van der Waals surface area contributed by atoms with Crippen LogP contribution in [0.5, 0.6) is 0 Å². The van der Waals surface area contributed by atoms with Crippen molar-refractivity contribution in [3.05, 3.63) is 61.1 Å². The van der Waals surface area contributed by atoms with Crippen LogP contribution in [0.4, 0.5) is 5.69 Å². The Balaban J connectivity index is 1.70. The van der Waals surface area contributed by atoms with Gasteiger partial charge in [-0.3, -0.25) is 9.59 Å². The van der Waals surface area contributed by atoms with Crippen molar-refractivity contribution in [1.29, 1.82) is 0 Å². The number of piperidine rings is 1. The molecule has 8 nitrogen and oxygen atoms in total. The molecule has 1 aromatic carbocycles. The summed E-state index contributed by atoms with van der Waals surface area (Å²) in [6.07, 6.45) is 2.62. The molecule has 2 aromatic rings. The van der Waals surface area contributed by atoms with Crippen molar-refractivity contribution in [3.63, 3.8) is 0 Å². The van der Waals surface area contributed by atoms with Crippen molar-refractivity contribution in [2.75, 3.05) is 18.4 Å². The van der Waals surface area contributed by atoms with Gasteiger partial charge in [-0.1, -0.05) is 20.4 Å². The fraction of sp³-hybridized carbons (Fsp3) is 0.333. The minimum atomic E-state index is -3.70. The highest BCUT2D eigenvalue weighted by Gasteiger charge is 2.38. The van der Waals surface area contributed by atoms with Crippen LogP contribution < -0.4 is 10.6 Å². The molecule has 2 N–H and O–H groups in total. The van der Waals surface area contributed by atoms with E-state index in [1.54, 1.807) is 6.07 Å². The Hall–Kier alpha value is -2.91. The summed E-state index contributed by atoms with van der Waals surface area (Å²) < 4.78 is 32.7. The quantitative estimate of drug-likeness (QED) is 0.683. The molecule has 9 heteroatoms. The van der Waals surface area contributed by atoms with Gasteiger partial charge in [0.25, 0.3) is 5.91 Å². The molecule has 2 unspecified atom stereocenters. The summed E-state index contributed by atoms with van der Waals surface area (Å²) in [6.45, 7) is 7.89. The third-order valence-electron chi connectivity index (χ3n) is 5.20. The van der Waals surface area contributed by atoms with E-state index >= 15 is 0 Å². The molecule has 2 amide bonds. The lowest BCUT2D eigenvalue weighted by Gasteiger charge is -2.40. The number of hydrogen-bond acceptors (Lipinski definition) is 5. The van der Waals surface area contributed by atoms with E-state index in [-0.39, 0.29) is 34.4 Å². The molecule has 0 radical (unpaired) electrons. The Morgan fingerprint density at radius 2 is 1.77 bits per heavy atom. The van der Waals surface area contributed by atoms with Crippen LogP contribution in [0.3, 0.4) is 0 Å². The van der Waals surface area contributed by atoms with Gasteiger partial charge in [0, 0.05) is 24.8 Å². The minimum absolute atomic E-state index is 0.0562. The maximum atomic E-state index is 13.1. The molecule has 3 rings (SSSR count). The van der Waals surface area contributed by atoms with Crippen LogP contribution >= 0.6 is 0 Å². The standard InChI is InChI=1S/C21H25N3O5S/c1-4-19(25)23-20-14(2)12-24(13-15(20)3)30(27,28)17-9-7-16(8-10-17)22-21(26)18-6-5-11-29-18/h4-11,14-15,20H,1,12-13H2,2-3H3,(H,22,26)(H,23,25). The number of amides is 2. The van der Waals surface area contributed by atoms with Crippen LogP contribution in [0.1, 0.15) is 24.4 Å². The predicted octanol–water partition coefficient (Wildman–Crippen LogP) is 2.48. The van der Waals surface area contributed by atoms with E-state index < -0.39 is 15.9 Å². The lowest BCUT2D eigenvalue weighted by molar-refractivity contribution is -0.118. The third kappa shape index (κ3) is 4.63. The molecule has 30 heavy (non-hydrogen) atoms. The Kier molecular flexibility index (Phi) is 6.42. The van der Waals surface area contributed by atoms with E-state index in [0.717, 1.165) is 0 Å². The summed E-state index contributed by atoms with van der Waals surface area (Å²) >= 11 is 0. The first-order valence-electron chi connectivity index (χ1n) is 9.60. The predicted molar refractivity (Wildman–Crippen MR) is 112 cm³/mol. The summed E-state index contributed by atoms with van der Waals surface area (Å²) in [5.41, 5.74) is 0.461. The number of nitrogens with one attached hydrogen (secondary N) is 2. The number of carbonyl (C=O) groups is 2. The van der Waals surface area contributed by atoms with Gasteiger partial charge in [-0.05, 0) is 54.3 Å². The average molecular weight is 432 g/mol. The first-order chi connectivity index (χ1) is 14.2. The zero-order valence-electron chi connectivity index (χ0n) is 16.9. The van der Waals surface area contributed by atoms with Crippen LogP contribution in [-0.2, 0) is 14.8 Å². The number of rotatable bonds is 6. The van der Waals surface area contributed by atoms with Gasteiger partial charge in [-0.25, -0.2) is 8.42 Å². The maximum absolute atomic E-state index is 13.1. The topological polar surface area (TPSA) is 109 Å². The van der Waals surface area contributed by atoms with E-state index in [2.05, 4.69) is 17.2 Å². The molecule has 1 fully saturated rings. The van der Waals surface area contributed by atoms with E-state index in [4.69, 9.17) is 4.42 Å². The summed E-state index contributed by atoms with van der Waals surface area (Å²) in [5, 5.41) is 5.55. The maximum Gasteiger partial charge on any atom is 0.291 e. The Morgan fingerprint density at radius 3 is 2.30 bits per heavy atom. The summed E-state index contributed by atoms with van der Waals surface area (Å²) in [7, 11) is -3.70. The second kappa shape index (κ2) is 8.85.